The largest absolute Gasteiger partial charge is 0.339 e. The lowest BCUT2D eigenvalue weighted by molar-refractivity contribution is 1.21. The summed E-state index contributed by atoms with van der Waals surface area (Å²) >= 11 is 0. The molecule has 0 amide bonds. The second kappa shape index (κ2) is 6.60. The maximum absolute atomic E-state index is 4.86. The molecule has 3 heteroatoms. The van der Waals surface area contributed by atoms with Crippen molar-refractivity contribution in [3.8, 4) is 11.4 Å². The molecule has 1 N–H and O–H groups in total. The van der Waals surface area contributed by atoms with Crippen LogP contribution < -0.4 is 5.32 Å². The van der Waals surface area contributed by atoms with Gasteiger partial charge in [0.05, 0.1) is 5.52 Å². The molecule has 0 fully saturated rings. The maximum atomic E-state index is 4.86. The summed E-state index contributed by atoms with van der Waals surface area (Å²) in [6, 6.07) is 22.7. The van der Waals surface area contributed by atoms with Gasteiger partial charge in [0.15, 0.2) is 5.82 Å². The number of nitrogens with one attached hydrogen (secondary N) is 1. The van der Waals surface area contributed by atoms with Crippen molar-refractivity contribution in [3.63, 3.8) is 0 Å². The number of hydrogen-bond acceptors (Lipinski definition) is 3. The molecular formula is C23H21N3. The zero-order valence-electron chi connectivity index (χ0n) is 15.2. The Morgan fingerprint density at radius 3 is 2.42 bits per heavy atom. The molecule has 0 aliphatic carbocycles. The Balaban J connectivity index is 1.89. The minimum atomic E-state index is 0.736. The van der Waals surface area contributed by atoms with Gasteiger partial charge in [0.1, 0.15) is 5.82 Å². The first-order valence-electron chi connectivity index (χ1n) is 8.79. The van der Waals surface area contributed by atoms with E-state index in [9.17, 15) is 0 Å². The highest BCUT2D eigenvalue weighted by atomic mass is 15.0. The third-order valence-corrected chi connectivity index (χ3v) is 4.74. The molecule has 4 rings (SSSR count). The predicted molar refractivity (Wildman–Crippen MR) is 109 cm³/mol. The highest BCUT2D eigenvalue weighted by molar-refractivity contribution is 5.92. The molecule has 0 atom stereocenters. The lowest BCUT2D eigenvalue weighted by Crippen LogP contribution is -2.01. The van der Waals surface area contributed by atoms with Gasteiger partial charge in [-0.15, -0.1) is 0 Å². The van der Waals surface area contributed by atoms with Crippen LogP contribution in [0.3, 0.4) is 0 Å². The second-order valence-corrected chi connectivity index (χ2v) is 6.65. The first kappa shape index (κ1) is 16.3. The number of anilines is 2. The smallest absolute Gasteiger partial charge is 0.162 e. The summed E-state index contributed by atoms with van der Waals surface area (Å²) in [4.78, 5) is 9.63. The zero-order chi connectivity index (χ0) is 18.1. The normalized spacial score (nSPS) is 10.9. The number of para-hydroxylation sites is 1. The summed E-state index contributed by atoms with van der Waals surface area (Å²) in [6.07, 6.45) is 0. The monoisotopic (exact) mass is 339 g/mol. The maximum Gasteiger partial charge on any atom is 0.162 e. The molecule has 0 bridgehead atoms. The molecule has 26 heavy (non-hydrogen) atoms. The minimum absolute atomic E-state index is 0.736. The highest BCUT2D eigenvalue weighted by Crippen LogP contribution is 2.29. The first-order valence-corrected chi connectivity index (χ1v) is 8.79. The molecule has 4 aromatic rings. The molecule has 1 heterocycles. The summed E-state index contributed by atoms with van der Waals surface area (Å²) in [5.41, 5.74) is 6.72. The molecule has 0 saturated carbocycles. The zero-order valence-corrected chi connectivity index (χ0v) is 15.2. The van der Waals surface area contributed by atoms with Gasteiger partial charge in [-0.2, -0.15) is 0 Å². The summed E-state index contributed by atoms with van der Waals surface area (Å²) < 4.78 is 0. The van der Waals surface area contributed by atoms with Crippen LogP contribution in [0.25, 0.3) is 22.3 Å². The SMILES string of the molecule is Cc1cccc(-c2nc(Nc3cccc(C)c3C)c3ccccc3n2)c1. The van der Waals surface area contributed by atoms with E-state index in [1.807, 2.05) is 24.3 Å². The van der Waals surface area contributed by atoms with Crippen LogP contribution in [0, 0.1) is 20.8 Å². The van der Waals surface area contributed by atoms with Gasteiger partial charge in [-0.1, -0.05) is 48.0 Å². The van der Waals surface area contributed by atoms with Crippen molar-refractivity contribution in [1.29, 1.82) is 0 Å². The minimum Gasteiger partial charge on any atom is -0.339 e. The fourth-order valence-corrected chi connectivity index (χ4v) is 3.10. The van der Waals surface area contributed by atoms with Crippen molar-refractivity contribution in [2.45, 2.75) is 20.8 Å². The van der Waals surface area contributed by atoms with Gasteiger partial charge in [-0.05, 0) is 56.2 Å². The number of aromatic nitrogens is 2. The highest BCUT2D eigenvalue weighted by Gasteiger charge is 2.11. The Bertz CT molecular complexity index is 1100. The number of benzene rings is 3. The van der Waals surface area contributed by atoms with Crippen molar-refractivity contribution < 1.29 is 0 Å². The van der Waals surface area contributed by atoms with Crippen LogP contribution in [0.2, 0.25) is 0 Å². The topological polar surface area (TPSA) is 37.8 Å². The van der Waals surface area contributed by atoms with Gasteiger partial charge in [0.25, 0.3) is 0 Å². The van der Waals surface area contributed by atoms with E-state index in [0.717, 1.165) is 33.8 Å². The molecule has 0 saturated heterocycles. The van der Waals surface area contributed by atoms with Crippen molar-refractivity contribution >= 4 is 22.4 Å². The molecule has 0 radical (unpaired) electrons. The average molecular weight is 339 g/mol. The fourth-order valence-electron chi connectivity index (χ4n) is 3.10. The average Bonchev–Trinajstić information content (AvgIpc) is 2.65. The standard InChI is InChI=1S/C23H21N3/c1-15-8-6-10-18(14-15)22-25-21-12-5-4-11-19(21)23(26-22)24-20-13-7-9-16(2)17(20)3/h4-14H,1-3H3,(H,24,25,26). The van der Waals surface area contributed by atoms with E-state index in [4.69, 9.17) is 9.97 Å². The summed E-state index contributed by atoms with van der Waals surface area (Å²) in [5, 5.41) is 4.55. The van der Waals surface area contributed by atoms with Crippen LogP contribution in [0.4, 0.5) is 11.5 Å². The summed E-state index contributed by atoms with van der Waals surface area (Å²) in [7, 11) is 0. The Kier molecular flexibility index (Phi) is 4.13. The molecule has 0 unspecified atom stereocenters. The van der Waals surface area contributed by atoms with Gasteiger partial charge < -0.3 is 5.32 Å². The third-order valence-electron chi connectivity index (χ3n) is 4.74. The Morgan fingerprint density at radius 2 is 1.58 bits per heavy atom. The number of rotatable bonds is 3. The molecule has 0 spiro atoms. The molecule has 128 valence electrons. The lowest BCUT2D eigenvalue weighted by Gasteiger charge is -2.14. The van der Waals surface area contributed by atoms with Crippen LogP contribution in [-0.4, -0.2) is 9.97 Å². The van der Waals surface area contributed by atoms with E-state index in [-0.39, 0.29) is 0 Å². The molecule has 1 aromatic heterocycles. The molecule has 3 nitrogen and oxygen atoms in total. The molecule has 0 aliphatic heterocycles. The number of nitrogens with zero attached hydrogens (tertiary/aromatic N) is 2. The lowest BCUT2D eigenvalue weighted by atomic mass is 10.1. The van der Waals surface area contributed by atoms with Gasteiger partial charge in [0.2, 0.25) is 0 Å². The van der Waals surface area contributed by atoms with E-state index in [1.54, 1.807) is 0 Å². The van der Waals surface area contributed by atoms with E-state index >= 15 is 0 Å². The van der Waals surface area contributed by atoms with Crippen molar-refractivity contribution in [1.82, 2.24) is 9.97 Å². The molecule has 0 aliphatic rings. The molecular weight excluding hydrogens is 318 g/mol. The van der Waals surface area contributed by atoms with E-state index < -0.39 is 0 Å². The number of fused-ring (bicyclic) bond motifs is 1. The van der Waals surface area contributed by atoms with Crippen LogP contribution in [0.1, 0.15) is 16.7 Å². The predicted octanol–water partition coefficient (Wildman–Crippen LogP) is 5.97. The third kappa shape index (κ3) is 3.04. The summed E-state index contributed by atoms with van der Waals surface area (Å²) in [5.74, 6) is 1.57. The van der Waals surface area contributed by atoms with Gasteiger partial charge in [0, 0.05) is 16.6 Å². The second-order valence-electron chi connectivity index (χ2n) is 6.65. The van der Waals surface area contributed by atoms with Crippen LogP contribution in [0.5, 0.6) is 0 Å². The van der Waals surface area contributed by atoms with Crippen molar-refractivity contribution in [2.75, 3.05) is 5.32 Å². The number of hydrogen-bond donors (Lipinski definition) is 1. The van der Waals surface area contributed by atoms with Crippen molar-refractivity contribution in [3.05, 3.63) is 83.4 Å². The van der Waals surface area contributed by atoms with Crippen molar-refractivity contribution in [2.24, 2.45) is 0 Å². The summed E-state index contributed by atoms with van der Waals surface area (Å²) in [6.45, 7) is 6.33. The van der Waals surface area contributed by atoms with Crippen LogP contribution in [0.15, 0.2) is 66.7 Å². The van der Waals surface area contributed by atoms with E-state index in [1.165, 1.54) is 16.7 Å². The van der Waals surface area contributed by atoms with Crippen LogP contribution in [-0.2, 0) is 0 Å². The number of aryl methyl sites for hydroxylation is 2. The van der Waals surface area contributed by atoms with Gasteiger partial charge in [-0.3, -0.25) is 0 Å². The first-order chi connectivity index (χ1) is 12.6. The van der Waals surface area contributed by atoms with E-state index in [2.05, 4.69) is 68.6 Å². The Labute approximate surface area is 153 Å². The van der Waals surface area contributed by atoms with Gasteiger partial charge >= 0.3 is 0 Å². The van der Waals surface area contributed by atoms with E-state index in [0.29, 0.717) is 0 Å². The Morgan fingerprint density at radius 1 is 0.769 bits per heavy atom. The van der Waals surface area contributed by atoms with Gasteiger partial charge in [-0.25, -0.2) is 9.97 Å². The Hall–Kier alpha value is -3.20. The fraction of sp³-hybridized carbons (Fsp3) is 0.130. The molecule has 3 aromatic carbocycles. The van der Waals surface area contributed by atoms with Crippen LogP contribution >= 0.6 is 0 Å². The quantitative estimate of drug-likeness (QED) is 0.500.